The second-order valence-electron chi connectivity index (χ2n) is 7.47. The summed E-state index contributed by atoms with van der Waals surface area (Å²) >= 11 is 0. The molecule has 0 saturated carbocycles. The number of aromatic nitrogens is 2. The second-order valence-corrected chi connectivity index (χ2v) is 7.47. The largest absolute Gasteiger partial charge is 0.497 e. The van der Waals surface area contributed by atoms with Gasteiger partial charge in [-0.1, -0.05) is 30.3 Å². The molecule has 0 bridgehead atoms. The second kappa shape index (κ2) is 8.68. The summed E-state index contributed by atoms with van der Waals surface area (Å²) < 4.78 is 7.11. The number of aliphatic hydroxyl groups excluding tert-OH is 1. The first-order chi connectivity index (χ1) is 14.2. The van der Waals surface area contributed by atoms with Crippen LogP contribution >= 0.6 is 0 Å². The summed E-state index contributed by atoms with van der Waals surface area (Å²) in [6, 6.07) is 16.4. The van der Waals surface area contributed by atoms with Crippen LogP contribution in [0.1, 0.15) is 23.1 Å². The molecule has 1 aliphatic heterocycles. The number of rotatable bonds is 6. The molecule has 4 rings (SSSR count). The van der Waals surface area contributed by atoms with E-state index in [4.69, 9.17) is 4.74 Å². The fourth-order valence-corrected chi connectivity index (χ4v) is 3.92. The molecule has 1 N–H and O–H groups in total. The van der Waals surface area contributed by atoms with Gasteiger partial charge in [-0.15, -0.1) is 0 Å². The number of imidazole rings is 1. The number of methoxy groups -OCH3 is 1. The molecule has 0 radical (unpaired) electrons. The van der Waals surface area contributed by atoms with Gasteiger partial charge in [0, 0.05) is 63.4 Å². The zero-order valence-corrected chi connectivity index (χ0v) is 17.0. The third-order valence-corrected chi connectivity index (χ3v) is 5.61. The van der Waals surface area contributed by atoms with Gasteiger partial charge >= 0.3 is 0 Å². The van der Waals surface area contributed by atoms with Gasteiger partial charge in [-0.2, -0.15) is 0 Å². The Kier molecular flexibility index (Phi) is 5.83. The van der Waals surface area contributed by atoms with Gasteiger partial charge in [0.05, 0.1) is 7.11 Å². The minimum absolute atomic E-state index is 0.663. The Bertz CT molecular complexity index is 930. The van der Waals surface area contributed by atoms with E-state index in [0.29, 0.717) is 5.82 Å². The fourth-order valence-electron chi connectivity index (χ4n) is 3.92. The summed E-state index contributed by atoms with van der Waals surface area (Å²) in [7, 11) is 3.60. The highest BCUT2D eigenvalue weighted by Gasteiger charge is 2.23. The van der Waals surface area contributed by atoms with Gasteiger partial charge in [0.1, 0.15) is 17.7 Å². The molecule has 0 spiro atoms. The van der Waals surface area contributed by atoms with Crippen LogP contribution in [0.25, 0.3) is 0 Å². The van der Waals surface area contributed by atoms with E-state index in [1.165, 1.54) is 5.56 Å². The first kappa shape index (κ1) is 19.5. The average molecular weight is 393 g/mol. The third kappa shape index (κ3) is 4.28. The Hall–Kier alpha value is -2.83. The van der Waals surface area contributed by atoms with Crippen molar-refractivity contribution in [2.75, 3.05) is 38.2 Å². The topological polar surface area (TPSA) is 53.8 Å². The molecule has 3 aromatic rings. The molecule has 0 amide bonds. The number of piperazine rings is 1. The van der Waals surface area contributed by atoms with E-state index in [0.717, 1.165) is 49.7 Å². The number of nitrogens with zero attached hydrogens (tertiary/aromatic N) is 4. The van der Waals surface area contributed by atoms with Crippen LogP contribution in [0.4, 0.5) is 5.69 Å². The van der Waals surface area contributed by atoms with Crippen LogP contribution in [0.3, 0.4) is 0 Å². The fraction of sp³-hybridized carbons (Fsp3) is 0.348. The predicted molar refractivity (Wildman–Crippen MR) is 114 cm³/mol. The summed E-state index contributed by atoms with van der Waals surface area (Å²) in [6.45, 7) is 4.77. The summed E-state index contributed by atoms with van der Waals surface area (Å²) in [4.78, 5) is 9.16. The van der Waals surface area contributed by atoms with E-state index in [1.54, 1.807) is 13.3 Å². The Labute approximate surface area is 172 Å². The maximum atomic E-state index is 10.9. The zero-order chi connectivity index (χ0) is 20.2. The predicted octanol–water partition coefficient (Wildman–Crippen LogP) is 2.83. The molecule has 1 atom stereocenters. The summed E-state index contributed by atoms with van der Waals surface area (Å²) in [6.07, 6.45) is 2.85. The van der Waals surface area contributed by atoms with Gasteiger partial charge in [-0.05, 0) is 23.8 Å². The van der Waals surface area contributed by atoms with Crippen molar-refractivity contribution in [3.63, 3.8) is 0 Å². The smallest absolute Gasteiger partial charge is 0.142 e. The van der Waals surface area contributed by atoms with Crippen LogP contribution < -0.4 is 9.64 Å². The lowest BCUT2D eigenvalue weighted by atomic mass is 10.0. The van der Waals surface area contributed by atoms with Crippen LogP contribution in [0.15, 0.2) is 60.9 Å². The number of anilines is 1. The molecule has 1 saturated heterocycles. The van der Waals surface area contributed by atoms with E-state index in [-0.39, 0.29) is 0 Å². The molecular weight excluding hydrogens is 364 g/mol. The van der Waals surface area contributed by atoms with E-state index in [2.05, 4.69) is 33.0 Å². The van der Waals surface area contributed by atoms with Crippen molar-refractivity contribution >= 4 is 5.69 Å². The molecule has 1 aliphatic rings. The van der Waals surface area contributed by atoms with E-state index in [9.17, 15) is 5.11 Å². The molecule has 1 aromatic heterocycles. The number of benzene rings is 2. The molecule has 29 heavy (non-hydrogen) atoms. The van der Waals surface area contributed by atoms with E-state index >= 15 is 0 Å². The number of aryl methyl sites for hydroxylation is 1. The summed E-state index contributed by atoms with van der Waals surface area (Å²) in [5, 5.41) is 10.9. The monoisotopic (exact) mass is 392 g/mol. The van der Waals surface area contributed by atoms with Gasteiger partial charge in [-0.3, -0.25) is 4.90 Å². The van der Waals surface area contributed by atoms with Crippen molar-refractivity contribution in [2.45, 2.75) is 12.6 Å². The SMILES string of the molecule is COc1ccc(CN2CCN(c3ccccc3C(O)c3nccn3C)CC2)cc1. The van der Waals surface area contributed by atoms with Crippen LogP contribution in [0.5, 0.6) is 5.75 Å². The van der Waals surface area contributed by atoms with Crippen LogP contribution in [0.2, 0.25) is 0 Å². The highest BCUT2D eigenvalue weighted by atomic mass is 16.5. The molecule has 1 unspecified atom stereocenters. The van der Waals surface area contributed by atoms with Gasteiger partial charge in [0.25, 0.3) is 0 Å². The van der Waals surface area contributed by atoms with Crippen molar-refractivity contribution < 1.29 is 9.84 Å². The number of hydrogen-bond donors (Lipinski definition) is 1. The molecule has 6 nitrogen and oxygen atoms in total. The van der Waals surface area contributed by atoms with Crippen molar-refractivity contribution in [3.05, 3.63) is 77.9 Å². The van der Waals surface area contributed by atoms with E-state index < -0.39 is 6.10 Å². The van der Waals surface area contributed by atoms with Gasteiger partial charge in [0.2, 0.25) is 0 Å². The summed E-state index contributed by atoms with van der Waals surface area (Å²) in [5.74, 6) is 1.55. The van der Waals surface area contributed by atoms with E-state index in [1.807, 2.05) is 48.1 Å². The molecule has 1 fully saturated rings. The maximum Gasteiger partial charge on any atom is 0.142 e. The number of aliphatic hydroxyl groups is 1. The molecule has 2 aromatic carbocycles. The minimum atomic E-state index is -0.733. The quantitative estimate of drug-likeness (QED) is 0.699. The van der Waals surface area contributed by atoms with Crippen molar-refractivity contribution in [1.29, 1.82) is 0 Å². The van der Waals surface area contributed by atoms with Crippen LogP contribution in [-0.2, 0) is 13.6 Å². The summed E-state index contributed by atoms with van der Waals surface area (Å²) in [5.41, 5.74) is 3.29. The first-order valence-corrected chi connectivity index (χ1v) is 10.00. The number of para-hydroxylation sites is 1. The highest BCUT2D eigenvalue weighted by molar-refractivity contribution is 5.56. The number of ether oxygens (including phenoxy) is 1. The Morgan fingerprint density at radius 3 is 2.41 bits per heavy atom. The first-order valence-electron chi connectivity index (χ1n) is 10.00. The molecule has 152 valence electrons. The molecule has 2 heterocycles. The highest BCUT2D eigenvalue weighted by Crippen LogP contribution is 2.30. The molecular formula is C23H28N4O2. The van der Waals surface area contributed by atoms with Crippen molar-refractivity contribution in [2.24, 2.45) is 7.05 Å². The van der Waals surface area contributed by atoms with Crippen molar-refractivity contribution in [1.82, 2.24) is 14.5 Å². The van der Waals surface area contributed by atoms with Crippen LogP contribution in [-0.4, -0.2) is 52.8 Å². The zero-order valence-electron chi connectivity index (χ0n) is 17.0. The Balaban J connectivity index is 1.43. The lowest BCUT2D eigenvalue weighted by molar-refractivity contribution is 0.205. The lowest BCUT2D eigenvalue weighted by Crippen LogP contribution is -2.46. The molecule has 0 aliphatic carbocycles. The van der Waals surface area contributed by atoms with Crippen molar-refractivity contribution in [3.8, 4) is 5.75 Å². The Morgan fingerprint density at radius 1 is 1.03 bits per heavy atom. The average Bonchev–Trinajstić information content (AvgIpc) is 3.20. The lowest BCUT2D eigenvalue weighted by Gasteiger charge is -2.37. The van der Waals surface area contributed by atoms with Gasteiger partial charge in [0.15, 0.2) is 0 Å². The number of hydrogen-bond acceptors (Lipinski definition) is 5. The van der Waals surface area contributed by atoms with Crippen LogP contribution in [0, 0.1) is 0 Å². The van der Waals surface area contributed by atoms with Gasteiger partial charge < -0.3 is 19.3 Å². The van der Waals surface area contributed by atoms with Gasteiger partial charge in [-0.25, -0.2) is 4.98 Å². The minimum Gasteiger partial charge on any atom is -0.497 e. The maximum absolute atomic E-state index is 10.9. The third-order valence-electron chi connectivity index (χ3n) is 5.61. The standard InChI is InChI=1S/C23H28N4O2/c1-25-12-11-24-23(25)22(28)20-5-3-4-6-21(20)27-15-13-26(14-16-27)17-18-7-9-19(29-2)10-8-18/h3-12,22,28H,13-17H2,1-2H3. The Morgan fingerprint density at radius 2 is 1.76 bits per heavy atom. The normalized spacial score (nSPS) is 16.0. The molecule has 6 heteroatoms.